The molecule has 2 aromatic rings. The first-order valence-corrected chi connectivity index (χ1v) is 11.8. The first kappa shape index (κ1) is 26.4. The zero-order chi connectivity index (χ0) is 26.3. The molecule has 12 heteroatoms. The van der Waals surface area contributed by atoms with E-state index in [2.05, 4.69) is 5.32 Å². The number of nitrogens with zero attached hydrogens (tertiary/aromatic N) is 1. The van der Waals surface area contributed by atoms with E-state index in [1.807, 2.05) is 6.07 Å². The number of aliphatic hydroxyl groups is 1. The maximum atomic E-state index is 14.1. The minimum Gasteiger partial charge on any atom is -0.496 e. The van der Waals surface area contributed by atoms with Crippen LogP contribution in [-0.4, -0.2) is 60.5 Å². The number of likely N-dealkylation sites (tertiary alicyclic amines) is 1. The average Bonchev–Trinajstić information content (AvgIpc) is 2.84. The second kappa shape index (κ2) is 9.64. The minimum absolute atomic E-state index is 0.0209. The number of alkyl carbamates (subject to hydrolysis) is 1. The fourth-order valence-corrected chi connectivity index (χ4v) is 5.21. The summed E-state index contributed by atoms with van der Waals surface area (Å²) >= 11 is 11.7. The lowest BCUT2D eigenvalue weighted by Gasteiger charge is -2.49. The molecule has 2 aliphatic heterocycles. The van der Waals surface area contributed by atoms with Crippen LogP contribution < -0.4 is 10.1 Å². The lowest BCUT2D eigenvalue weighted by atomic mass is 9.74. The molecule has 2 atom stereocenters. The number of para-hydroxylation sites is 1. The molecule has 2 aliphatic rings. The van der Waals surface area contributed by atoms with Gasteiger partial charge in [0.1, 0.15) is 11.4 Å². The molecule has 2 aromatic carbocycles. The minimum atomic E-state index is -5.34. The highest BCUT2D eigenvalue weighted by molar-refractivity contribution is 6.42. The summed E-state index contributed by atoms with van der Waals surface area (Å²) in [4.78, 5) is 26.3. The molecule has 2 saturated heterocycles. The summed E-state index contributed by atoms with van der Waals surface area (Å²) < 4.78 is 53.6. The van der Waals surface area contributed by atoms with E-state index in [9.17, 15) is 27.9 Å². The molecule has 7 nitrogen and oxygen atoms in total. The van der Waals surface area contributed by atoms with Crippen LogP contribution in [0.2, 0.25) is 10.0 Å². The topological polar surface area (TPSA) is 88.1 Å². The second-order valence-electron chi connectivity index (χ2n) is 8.76. The van der Waals surface area contributed by atoms with E-state index >= 15 is 0 Å². The Morgan fingerprint density at radius 3 is 2.44 bits per heavy atom. The van der Waals surface area contributed by atoms with E-state index in [1.165, 1.54) is 7.11 Å². The monoisotopic (exact) mass is 546 g/mol. The Hall–Kier alpha value is -2.69. The number of piperidine rings is 1. The summed E-state index contributed by atoms with van der Waals surface area (Å²) in [6.45, 7) is -0.141. The van der Waals surface area contributed by atoms with Crippen molar-refractivity contribution in [2.75, 3.05) is 26.7 Å². The third kappa shape index (κ3) is 4.46. The van der Waals surface area contributed by atoms with Crippen LogP contribution in [-0.2, 0) is 15.1 Å². The van der Waals surface area contributed by atoms with Crippen molar-refractivity contribution in [1.82, 2.24) is 10.2 Å². The second-order valence-corrected chi connectivity index (χ2v) is 9.57. The number of alkyl halides is 3. The highest BCUT2D eigenvalue weighted by atomic mass is 35.5. The number of halogens is 5. The number of amides is 2. The predicted octanol–water partition coefficient (Wildman–Crippen LogP) is 4.64. The van der Waals surface area contributed by atoms with Crippen LogP contribution in [0.5, 0.6) is 5.75 Å². The zero-order valence-corrected chi connectivity index (χ0v) is 20.6. The third-order valence-corrected chi connectivity index (χ3v) is 7.59. The molecule has 0 bridgehead atoms. The standard InChI is InChI=1S/C24H23Cl2F3N2O5/c1-35-19-5-3-2-4-15(19)16-13-30-21(33)36-22(16)8-10-31(11-9-22)20(32)23(34,24(27,28)29)14-6-7-17(25)18(26)12-14/h2-7,12,16,34H,8-11,13H2,1H3,(H,30,33)/t16?,23-/m1/s1. The number of carbonyl (C=O) groups excluding carboxylic acids is 2. The van der Waals surface area contributed by atoms with E-state index in [-0.39, 0.29) is 48.4 Å². The van der Waals surface area contributed by atoms with Crippen molar-refractivity contribution in [2.24, 2.45) is 0 Å². The molecule has 4 rings (SSSR count). The lowest BCUT2D eigenvalue weighted by molar-refractivity contribution is -0.262. The number of hydrogen-bond acceptors (Lipinski definition) is 5. The highest BCUT2D eigenvalue weighted by Crippen LogP contribution is 2.47. The first-order valence-electron chi connectivity index (χ1n) is 11.1. The number of benzene rings is 2. The Kier molecular flexibility index (Phi) is 7.07. The number of nitrogens with one attached hydrogen (secondary N) is 1. The van der Waals surface area contributed by atoms with Gasteiger partial charge >= 0.3 is 12.3 Å². The molecule has 1 unspecified atom stereocenters. The number of carbonyl (C=O) groups is 2. The van der Waals surface area contributed by atoms with E-state index in [1.54, 1.807) is 18.2 Å². The van der Waals surface area contributed by atoms with Crippen LogP contribution in [0.15, 0.2) is 42.5 Å². The van der Waals surface area contributed by atoms with Gasteiger partial charge in [0.2, 0.25) is 0 Å². The van der Waals surface area contributed by atoms with Crippen molar-refractivity contribution >= 4 is 35.2 Å². The maximum Gasteiger partial charge on any atom is 0.430 e. The summed E-state index contributed by atoms with van der Waals surface area (Å²) in [5, 5.41) is 13.2. The van der Waals surface area contributed by atoms with Crippen molar-refractivity contribution < 1.29 is 37.3 Å². The molecule has 2 N–H and O–H groups in total. The van der Waals surface area contributed by atoms with Crippen LogP contribution in [0.3, 0.4) is 0 Å². The Bertz CT molecular complexity index is 1170. The molecule has 0 radical (unpaired) electrons. The smallest absolute Gasteiger partial charge is 0.430 e. The fraction of sp³-hybridized carbons (Fsp3) is 0.417. The molecular weight excluding hydrogens is 524 g/mol. The van der Waals surface area contributed by atoms with Gasteiger partial charge in [-0.15, -0.1) is 0 Å². The highest BCUT2D eigenvalue weighted by Gasteiger charge is 2.63. The van der Waals surface area contributed by atoms with Gasteiger partial charge in [-0.1, -0.05) is 47.5 Å². The van der Waals surface area contributed by atoms with Crippen molar-refractivity contribution in [3.63, 3.8) is 0 Å². The van der Waals surface area contributed by atoms with E-state index in [4.69, 9.17) is 32.7 Å². The molecule has 36 heavy (non-hydrogen) atoms. The van der Waals surface area contributed by atoms with Crippen LogP contribution in [0.4, 0.5) is 18.0 Å². The van der Waals surface area contributed by atoms with Crippen molar-refractivity contribution in [1.29, 1.82) is 0 Å². The molecule has 0 saturated carbocycles. The van der Waals surface area contributed by atoms with Crippen LogP contribution in [0, 0.1) is 0 Å². The summed E-state index contributed by atoms with van der Waals surface area (Å²) in [6.07, 6.45) is -5.87. The largest absolute Gasteiger partial charge is 0.496 e. The first-order chi connectivity index (χ1) is 16.9. The molecule has 0 aromatic heterocycles. The third-order valence-electron chi connectivity index (χ3n) is 6.85. The van der Waals surface area contributed by atoms with Crippen molar-refractivity contribution in [3.8, 4) is 5.75 Å². The van der Waals surface area contributed by atoms with E-state index < -0.39 is 34.9 Å². The SMILES string of the molecule is COc1ccccc1C1CNC(=O)OC12CCN(C(=O)[C@](O)(c1ccc(Cl)c(Cl)c1)C(F)(F)F)CC2. The summed E-state index contributed by atoms with van der Waals surface area (Å²) in [5.74, 6) is -1.34. The normalized spacial score (nSPS) is 21.4. The number of methoxy groups -OCH3 is 1. The Labute approximate surface area is 215 Å². The van der Waals surface area contributed by atoms with Gasteiger partial charge in [-0.3, -0.25) is 4.79 Å². The Balaban J connectivity index is 1.63. The van der Waals surface area contributed by atoms with Crippen molar-refractivity contribution in [3.05, 3.63) is 63.6 Å². The summed E-state index contributed by atoms with van der Waals surface area (Å²) in [6, 6.07) is 10.0. The molecule has 2 heterocycles. The molecule has 1 spiro atoms. The molecule has 2 fully saturated rings. The van der Waals surface area contributed by atoms with Gasteiger partial charge in [-0.2, -0.15) is 13.2 Å². The van der Waals surface area contributed by atoms with Crippen LogP contribution in [0.1, 0.15) is 29.9 Å². The number of hydrogen-bond donors (Lipinski definition) is 2. The van der Waals surface area contributed by atoms with Gasteiger partial charge in [0.15, 0.2) is 0 Å². The molecule has 0 aliphatic carbocycles. The van der Waals surface area contributed by atoms with E-state index in [0.717, 1.165) is 28.7 Å². The Morgan fingerprint density at radius 2 is 1.83 bits per heavy atom. The van der Waals surface area contributed by atoms with Gasteiger partial charge < -0.3 is 24.8 Å². The predicted molar refractivity (Wildman–Crippen MR) is 125 cm³/mol. The summed E-state index contributed by atoms with van der Waals surface area (Å²) in [7, 11) is 1.51. The van der Waals surface area contributed by atoms with E-state index in [0.29, 0.717) is 5.75 Å². The van der Waals surface area contributed by atoms with Crippen LogP contribution >= 0.6 is 23.2 Å². The number of rotatable bonds is 4. The van der Waals surface area contributed by atoms with Crippen molar-refractivity contribution in [2.45, 2.75) is 36.1 Å². The molecule has 2 amide bonds. The zero-order valence-electron chi connectivity index (χ0n) is 19.1. The fourth-order valence-electron chi connectivity index (χ4n) is 4.91. The average molecular weight is 547 g/mol. The quantitative estimate of drug-likeness (QED) is 0.583. The van der Waals surface area contributed by atoms with Gasteiger partial charge in [-0.05, 0) is 18.2 Å². The Morgan fingerprint density at radius 1 is 1.17 bits per heavy atom. The lowest BCUT2D eigenvalue weighted by Crippen LogP contribution is -2.62. The summed E-state index contributed by atoms with van der Waals surface area (Å²) in [5.41, 5.74) is -4.89. The van der Waals surface area contributed by atoms with Gasteiger partial charge in [0, 0.05) is 49.5 Å². The van der Waals surface area contributed by atoms with Crippen LogP contribution in [0.25, 0.3) is 0 Å². The number of ether oxygens (including phenoxy) is 2. The van der Waals surface area contributed by atoms with Gasteiger partial charge in [0.05, 0.1) is 17.2 Å². The maximum absolute atomic E-state index is 14.1. The van der Waals surface area contributed by atoms with Gasteiger partial charge in [0.25, 0.3) is 11.5 Å². The molecule has 194 valence electrons. The van der Waals surface area contributed by atoms with Gasteiger partial charge in [-0.25, -0.2) is 4.79 Å². The molecular formula is C24H23Cl2F3N2O5.